The summed E-state index contributed by atoms with van der Waals surface area (Å²) in [7, 11) is 0. The molecule has 1 atom stereocenters. The maximum absolute atomic E-state index is 11.1. The zero-order chi connectivity index (χ0) is 30.6. The van der Waals surface area contributed by atoms with Gasteiger partial charge in [0, 0.05) is 29.7 Å². The van der Waals surface area contributed by atoms with Crippen molar-refractivity contribution in [3.63, 3.8) is 0 Å². The molecule has 0 fully saturated rings. The van der Waals surface area contributed by atoms with Crippen LogP contribution in [-0.2, 0) is 0 Å². The Hall–Kier alpha value is -6.15. The second-order valence-corrected chi connectivity index (χ2v) is 10.7. The molecule has 8 heteroatoms. The maximum Gasteiger partial charge on any atom is 0.269 e. The van der Waals surface area contributed by atoms with Crippen molar-refractivity contribution in [2.24, 2.45) is 5.10 Å². The third-order valence-corrected chi connectivity index (χ3v) is 7.74. The second-order valence-electron chi connectivity index (χ2n) is 10.7. The largest absolute Gasteiger partial charge is 0.416 e. The summed E-state index contributed by atoms with van der Waals surface area (Å²) < 4.78 is 5.88. The van der Waals surface area contributed by atoms with Gasteiger partial charge in [-0.1, -0.05) is 84.9 Å². The summed E-state index contributed by atoms with van der Waals surface area (Å²) in [5.74, 6) is 0.977. The third kappa shape index (κ3) is 6.03. The van der Waals surface area contributed by atoms with Crippen molar-refractivity contribution in [1.82, 2.24) is 10.2 Å². The van der Waals surface area contributed by atoms with Crippen molar-refractivity contribution in [3.05, 3.63) is 166 Å². The van der Waals surface area contributed by atoms with Gasteiger partial charge >= 0.3 is 0 Å². The van der Waals surface area contributed by atoms with Crippen LogP contribution in [0.4, 0.5) is 11.4 Å². The molecule has 0 saturated heterocycles. The smallest absolute Gasteiger partial charge is 0.269 e. The number of hydrazone groups is 1. The molecule has 0 amide bonds. The van der Waals surface area contributed by atoms with Gasteiger partial charge in [-0.25, -0.2) is 0 Å². The molecule has 0 bridgehead atoms. The lowest BCUT2D eigenvalue weighted by molar-refractivity contribution is -0.384. The lowest BCUT2D eigenvalue weighted by Gasteiger charge is -2.24. The molecule has 0 unspecified atom stereocenters. The number of benzene rings is 5. The Morgan fingerprint density at radius 1 is 0.667 bits per heavy atom. The standard InChI is InChI=1S/C37H27N5O3/c43-42(44)33-23-19-28(20-24-33)34-25-35(29-7-3-1-4-8-29)41(40-34)32-21-15-27(16-22-32)12-11-26-13-17-31(18-14-26)37-39-38-36(45-37)30-9-5-2-6-10-30/h1-24,35H,25H2/b12-11+/t35-/m0/s1. The highest BCUT2D eigenvalue weighted by atomic mass is 16.6. The highest BCUT2D eigenvalue weighted by Crippen LogP contribution is 2.37. The van der Waals surface area contributed by atoms with Crippen LogP contribution in [0.1, 0.15) is 34.7 Å². The average molecular weight is 590 g/mol. The molecule has 1 aliphatic rings. The van der Waals surface area contributed by atoms with E-state index in [0.717, 1.165) is 44.8 Å². The van der Waals surface area contributed by atoms with Gasteiger partial charge in [-0.2, -0.15) is 5.10 Å². The van der Waals surface area contributed by atoms with Gasteiger partial charge in [0.15, 0.2) is 0 Å². The van der Waals surface area contributed by atoms with Gasteiger partial charge in [0.25, 0.3) is 5.69 Å². The van der Waals surface area contributed by atoms with Crippen LogP contribution in [0.15, 0.2) is 143 Å². The van der Waals surface area contributed by atoms with Crippen LogP contribution in [0, 0.1) is 10.1 Å². The van der Waals surface area contributed by atoms with E-state index in [0.29, 0.717) is 18.2 Å². The van der Waals surface area contributed by atoms with Crippen molar-refractivity contribution in [2.45, 2.75) is 12.5 Å². The first-order chi connectivity index (χ1) is 22.1. The quantitative estimate of drug-likeness (QED) is 0.0999. The maximum atomic E-state index is 11.1. The van der Waals surface area contributed by atoms with Crippen molar-refractivity contribution >= 4 is 29.2 Å². The molecule has 0 spiro atoms. The molecule has 1 aliphatic heterocycles. The van der Waals surface area contributed by atoms with Crippen LogP contribution in [0.25, 0.3) is 35.1 Å². The summed E-state index contributed by atoms with van der Waals surface area (Å²) in [6, 6.07) is 42.9. The van der Waals surface area contributed by atoms with Crippen LogP contribution in [0.5, 0.6) is 0 Å². The molecule has 6 aromatic rings. The first-order valence-electron chi connectivity index (χ1n) is 14.5. The molecule has 8 nitrogen and oxygen atoms in total. The lowest BCUT2D eigenvalue weighted by atomic mass is 9.98. The van der Waals surface area contributed by atoms with Crippen molar-refractivity contribution in [2.75, 3.05) is 5.01 Å². The zero-order valence-electron chi connectivity index (χ0n) is 24.1. The Morgan fingerprint density at radius 2 is 1.20 bits per heavy atom. The fourth-order valence-electron chi connectivity index (χ4n) is 5.34. The fraction of sp³-hybridized carbons (Fsp3) is 0.0541. The summed E-state index contributed by atoms with van der Waals surface area (Å²) in [6.45, 7) is 0. The monoisotopic (exact) mass is 589 g/mol. The van der Waals surface area contributed by atoms with Gasteiger partial charge in [-0.3, -0.25) is 15.1 Å². The van der Waals surface area contributed by atoms with Crippen LogP contribution in [-0.4, -0.2) is 20.8 Å². The van der Waals surface area contributed by atoms with E-state index in [1.54, 1.807) is 12.1 Å². The third-order valence-electron chi connectivity index (χ3n) is 7.74. The number of aromatic nitrogens is 2. The Labute approximate surface area is 259 Å². The van der Waals surface area contributed by atoms with Crippen molar-refractivity contribution < 1.29 is 9.34 Å². The first-order valence-corrected chi connectivity index (χ1v) is 14.5. The molecule has 0 aliphatic carbocycles. The SMILES string of the molecule is O=[N+]([O-])c1ccc(C2=NN(c3ccc(/C=C/c4ccc(-c5nnc(-c6ccccc6)o5)cc4)cc3)[C@H](c3ccccc3)C2)cc1. The molecule has 0 radical (unpaired) electrons. The number of nitrogens with zero attached hydrogens (tertiary/aromatic N) is 5. The van der Waals surface area contributed by atoms with Gasteiger partial charge in [0.2, 0.25) is 11.8 Å². The minimum absolute atomic E-state index is 0.0129. The molecule has 1 aromatic heterocycles. The van der Waals surface area contributed by atoms with Gasteiger partial charge < -0.3 is 4.42 Å². The Balaban J connectivity index is 1.07. The molecule has 218 valence electrons. The van der Waals surface area contributed by atoms with E-state index in [1.807, 2.05) is 77.8 Å². The normalized spacial score (nSPS) is 14.5. The second kappa shape index (κ2) is 12.2. The number of hydrogen-bond acceptors (Lipinski definition) is 7. The molecule has 0 N–H and O–H groups in total. The predicted molar refractivity (Wildman–Crippen MR) is 176 cm³/mol. The molecule has 45 heavy (non-hydrogen) atoms. The Bertz CT molecular complexity index is 1980. The van der Waals surface area contributed by atoms with Gasteiger partial charge in [-0.15, -0.1) is 10.2 Å². The van der Waals surface area contributed by atoms with Gasteiger partial charge in [0.05, 0.1) is 22.4 Å². The molecule has 0 saturated carbocycles. The van der Waals surface area contributed by atoms with E-state index in [2.05, 4.69) is 58.7 Å². The van der Waals surface area contributed by atoms with Gasteiger partial charge in [-0.05, 0) is 70.8 Å². The highest BCUT2D eigenvalue weighted by molar-refractivity contribution is 6.03. The van der Waals surface area contributed by atoms with Crippen molar-refractivity contribution in [3.8, 4) is 22.9 Å². The van der Waals surface area contributed by atoms with Crippen LogP contribution in [0.3, 0.4) is 0 Å². The first kappa shape index (κ1) is 27.7. The topological polar surface area (TPSA) is 97.7 Å². The fourth-order valence-corrected chi connectivity index (χ4v) is 5.34. The van der Waals surface area contributed by atoms with Crippen LogP contribution in [0.2, 0.25) is 0 Å². The van der Waals surface area contributed by atoms with E-state index >= 15 is 0 Å². The van der Waals surface area contributed by atoms with E-state index in [4.69, 9.17) is 9.52 Å². The van der Waals surface area contributed by atoms with Crippen LogP contribution < -0.4 is 5.01 Å². The van der Waals surface area contributed by atoms with E-state index < -0.39 is 0 Å². The molecule has 2 heterocycles. The summed E-state index contributed by atoms with van der Waals surface area (Å²) in [4.78, 5) is 10.7. The van der Waals surface area contributed by atoms with E-state index in [-0.39, 0.29) is 16.7 Å². The summed E-state index contributed by atoms with van der Waals surface area (Å²) in [5, 5.41) is 26.5. The van der Waals surface area contributed by atoms with E-state index in [9.17, 15) is 10.1 Å². The number of rotatable bonds is 8. The minimum atomic E-state index is -0.387. The molecular formula is C37H27N5O3. The Kier molecular flexibility index (Phi) is 7.51. The lowest BCUT2D eigenvalue weighted by Crippen LogP contribution is -2.18. The molecular weight excluding hydrogens is 562 g/mol. The minimum Gasteiger partial charge on any atom is -0.416 e. The zero-order valence-corrected chi connectivity index (χ0v) is 24.1. The number of anilines is 1. The number of non-ortho nitro benzene ring substituents is 1. The summed E-state index contributed by atoms with van der Waals surface area (Å²) in [6.07, 6.45) is 4.83. The Morgan fingerprint density at radius 3 is 1.80 bits per heavy atom. The number of nitro benzene ring substituents is 1. The predicted octanol–water partition coefficient (Wildman–Crippen LogP) is 8.84. The van der Waals surface area contributed by atoms with Gasteiger partial charge in [0.1, 0.15) is 0 Å². The molecule has 7 rings (SSSR count). The van der Waals surface area contributed by atoms with Crippen LogP contribution >= 0.6 is 0 Å². The molecule has 5 aromatic carbocycles. The van der Waals surface area contributed by atoms with E-state index in [1.165, 1.54) is 12.1 Å². The summed E-state index contributed by atoms with van der Waals surface area (Å²) in [5.41, 5.74) is 7.82. The number of nitro groups is 1. The van der Waals surface area contributed by atoms with Crippen molar-refractivity contribution in [1.29, 1.82) is 0 Å². The highest BCUT2D eigenvalue weighted by Gasteiger charge is 2.30. The summed E-state index contributed by atoms with van der Waals surface area (Å²) >= 11 is 0. The average Bonchev–Trinajstić information content (AvgIpc) is 3.78. The number of hydrogen-bond donors (Lipinski definition) is 0.